The Bertz CT molecular complexity index is 149. The van der Waals surface area contributed by atoms with E-state index in [1.165, 1.54) is 38.5 Å². The maximum absolute atomic E-state index is 2.30. The first kappa shape index (κ1) is 6.45. The van der Waals surface area contributed by atoms with Crippen LogP contribution in [-0.4, -0.2) is 0 Å². The standard InChI is InChI=1S/C10H16/c1-2-5-8-9-6-3-4-7-10(8)9/h8H,2-7H2,1H3. The van der Waals surface area contributed by atoms with Crippen molar-refractivity contribution in [3.05, 3.63) is 11.1 Å². The van der Waals surface area contributed by atoms with Gasteiger partial charge in [-0.3, -0.25) is 0 Å². The molecule has 0 nitrogen and oxygen atoms in total. The summed E-state index contributed by atoms with van der Waals surface area (Å²) in [4.78, 5) is 0. The second-order valence-electron chi connectivity index (χ2n) is 3.60. The highest BCUT2D eigenvalue weighted by molar-refractivity contribution is 5.42. The van der Waals surface area contributed by atoms with E-state index in [0.29, 0.717) is 0 Å². The first-order valence-electron chi connectivity index (χ1n) is 4.65. The quantitative estimate of drug-likeness (QED) is 0.511. The van der Waals surface area contributed by atoms with E-state index in [-0.39, 0.29) is 0 Å². The second-order valence-corrected chi connectivity index (χ2v) is 3.60. The Balaban J connectivity index is 1.89. The van der Waals surface area contributed by atoms with E-state index < -0.39 is 0 Å². The lowest BCUT2D eigenvalue weighted by atomic mass is 10.1. The van der Waals surface area contributed by atoms with E-state index in [0.717, 1.165) is 5.92 Å². The first-order chi connectivity index (χ1) is 4.93. The van der Waals surface area contributed by atoms with Crippen LogP contribution in [0.15, 0.2) is 11.1 Å². The van der Waals surface area contributed by atoms with Gasteiger partial charge in [0.25, 0.3) is 0 Å². The van der Waals surface area contributed by atoms with Gasteiger partial charge in [-0.05, 0) is 32.1 Å². The first-order valence-corrected chi connectivity index (χ1v) is 4.65. The number of hydrogen-bond acceptors (Lipinski definition) is 0. The molecule has 0 aliphatic heterocycles. The summed E-state index contributed by atoms with van der Waals surface area (Å²) < 4.78 is 0. The molecule has 0 aromatic carbocycles. The molecule has 56 valence electrons. The van der Waals surface area contributed by atoms with Gasteiger partial charge < -0.3 is 0 Å². The minimum atomic E-state index is 1.01. The molecule has 2 aliphatic rings. The van der Waals surface area contributed by atoms with E-state index in [9.17, 15) is 0 Å². The normalized spacial score (nSPS) is 24.9. The second kappa shape index (κ2) is 2.41. The predicted octanol–water partition coefficient (Wildman–Crippen LogP) is 3.29. The minimum absolute atomic E-state index is 1.01. The molecule has 0 radical (unpaired) electrons. The van der Waals surface area contributed by atoms with Crippen molar-refractivity contribution in [2.45, 2.75) is 45.4 Å². The SMILES string of the molecule is CCCC1C2=C1CCCC2. The summed E-state index contributed by atoms with van der Waals surface area (Å²) >= 11 is 0. The summed E-state index contributed by atoms with van der Waals surface area (Å²) in [7, 11) is 0. The highest BCUT2D eigenvalue weighted by Gasteiger charge is 2.35. The number of hydrogen-bond donors (Lipinski definition) is 0. The van der Waals surface area contributed by atoms with E-state index in [2.05, 4.69) is 6.92 Å². The van der Waals surface area contributed by atoms with Gasteiger partial charge in [-0.1, -0.05) is 24.5 Å². The molecule has 0 heterocycles. The molecule has 0 aromatic heterocycles. The molecule has 0 heteroatoms. The lowest BCUT2D eigenvalue weighted by molar-refractivity contribution is 0.709. The molecule has 2 rings (SSSR count). The summed E-state index contributed by atoms with van der Waals surface area (Å²) in [6.07, 6.45) is 8.65. The fourth-order valence-electron chi connectivity index (χ4n) is 2.32. The van der Waals surface area contributed by atoms with Gasteiger partial charge in [0.1, 0.15) is 0 Å². The van der Waals surface area contributed by atoms with Crippen LogP contribution in [0.1, 0.15) is 45.4 Å². The van der Waals surface area contributed by atoms with Crippen molar-refractivity contribution in [2.75, 3.05) is 0 Å². The van der Waals surface area contributed by atoms with Crippen LogP contribution in [0, 0.1) is 5.92 Å². The maximum atomic E-state index is 2.30. The molecule has 0 atom stereocenters. The van der Waals surface area contributed by atoms with Crippen LogP contribution in [0.5, 0.6) is 0 Å². The molecule has 2 aliphatic carbocycles. The van der Waals surface area contributed by atoms with Gasteiger partial charge in [0.2, 0.25) is 0 Å². The molecule has 0 saturated carbocycles. The lowest BCUT2D eigenvalue weighted by Crippen LogP contribution is -1.79. The Morgan fingerprint density at radius 1 is 1.20 bits per heavy atom. The molecular formula is C10H16. The summed E-state index contributed by atoms with van der Waals surface area (Å²) in [6.45, 7) is 2.30. The molecule has 0 bridgehead atoms. The largest absolute Gasteiger partial charge is 0.0653 e. The molecule has 0 spiro atoms. The third kappa shape index (κ3) is 0.902. The van der Waals surface area contributed by atoms with E-state index in [1.54, 1.807) is 0 Å². The predicted molar refractivity (Wildman–Crippen MR) is 43.9 cm³/mol. The zero-order chi connectivity index (χ0) is 6.97. The van der Waals surface area contributed by atoms with Crippen LogP contribution in [-0.2, 0) is 0 Å². The average Bonchev–Trinajstić information content (AvgIpc) is 2.66. The summed E-state index contributed by atoms with van der Waals surface area (Å²) in [5, 5.41) is 0. The van der Waals surface area contributed by atoms with Gasteiger partial charge in [0, 0.05) is 5.92 Å². The molecule has 10 heavy (non-hydrogen) atoms. The molecular weight excluding hydrogens is 120 g/mol. The van der Waals surface area contributed by atoms with Gasteiger partial charge >= 0.3 is 0 Å². The zero-order valence-corrected chi connectivity index (χ0v) is 6.82. The third-order valence-corrected chi connectivity index (χ3v) is 2.89. The molecule has 0 N–H and O–H groups in total. The number of rotatable bonds is 2. The van der Waals surface area contributed by atoms with Crippen LogP contribution >= 0.6 is 0 Å². The highest BCUT2D eigenvalue weighted by Crippen LogP contribution is 2.51. The van der Waals surface area contributed by atoms with Gasteiger partial charge in [0.15, 0.2) is 0 Å². The lowest BCUT2D eigenvalue weighted by Gasteiger charge is -1.96. The summed E-state index contributed by atoms with van der Waals surface area (Å²) in [5.74, 6) is 1.01. The Morgan fingerprint density at radius 3 is 2.30 bits per heavy atom. The van der Waals surface area contributed by atoms with Crippen LogP contribution in [0.2, 0.25) is 0 Å². The van der Waals surface area contributed by atoms with Crippen LogP contribution in [0.4, 0.5) is 0 Å². The van der Waals surface area contributed by atoms with Crippen molar-refractivity contribution in [1.82, 2.24) is 0 Å². The highest BCUT2D eigenvalue weighted by atomic mass is 14.4. The van der Waals surface area contributed by atoms with Gasteiger partial charge in [-0.15, -0.1) is 0 Å². The van der Waals surface area contributed by atoms with Crippen molar-refractivity contribution in [3.8, 4) is 0 Å². The van der Waals surface area contributed by atoms with Gasteiger partial charge in [-0.25, -0.2) is 0 Å². The smallest absolute Gasteiger partial charge is 0.00126 e. The Labute approximate surface area is 63.3 Å². The van der Waals surface area contributed by atoms with Crippen molar-refractivity contribution in [3.63, 3.8) is 0 Å². The molecule has 0 unspecified atom stereocenters. The Hall–Kier alpha value is -0.260. The monoisotopic (exact) mass is 136 g/mol. The topological polar surface area (TPSA) is 0 Å². The Kier molecular flexibility index (Phi) is 1.55. The van der Waals surface area contributed by atoms with E-state index in [4.69, 9.17) is 0 Å². The Morgan fingerprint density at radius 2 is 1.80 bits per heavy atom. The summed E-state index contributed by atoms with van der Waals surface area (Å²) in [6, 6.07) is 0. The minimum Gasteiger partial charge on any atom is -0.0653 e. The van der Waals surface area contributed by atoms with Gasteiger partial charge in [0.05, 0.1) is 0 Å². The fraction of sp³-hybridized carbons (Fsp3) is 0.800. The van der Waals surface area contributed by atoms with Crippen LogP contribution < -0.4 is 0 Å². The number of allylic oxidation sites excluding steroid dienone is 2. The van der Waals surface area contributed by atoms with Gasteiger partial charge in [-0.2, -0.15) is 0 Å². The van der Waals surface area contributed by atoms with Crippen molar-refractivity contribution in [1.29, 1.82) is 0 Å². The molecule has 0 aromatic rings. The van der Waals surface area contributed by atoms with E-state index in [1.807, 2.05) is 11.1 Å². The molecule has 0 fully saturated rings. The van der Waals surface area contributed by atoms with Crippen molar-refractivity contribution >= 4 is 0 Å². The van der Waals surface area contributed by atoms with Crippen LogP contribution in [0.3, 0.4) is 0 Å². The molecule has 0 amide bonds. The zero-order valence-electron chi connectivity index (χ0n) is 6.82. The van der Waals surface area contributed by atoms with Crippen LogP contribution in [0.25, 0.3) is 0 Å². The molecule has 0 saturated heterocycles. The van der Waals surface area contributed by atoms with Crippen molar-refractivity contribution in [2.24, 2.45) is 5.92 Å². The average molecular weight is 136 g/mol. The fourth-order valence-corrected chi connectivity index (χ4v) is 2.32. The summed E-state index contributed by atoms with van der Waals surface area (Å²) in [5.41, 5.74) is 3.71. The third-order valence-electron chi connectivity index (χ3n) is 2.89. The maximum Gasteiger partial charge on any atom is 0.00126 e. The van der Waals surface area contributed by atoms with Crippen molar-refractivity contribution < 1.29 is 0 Å². The van der Waals surface area contributed by atoms with E-state index >= 15 is 0 Å².